The molecule has 5 heteroatoms. The van der Waals surface area contributed by atoms with Crippen molar-refractivity contribution in [3.63, 3.8) is 0 Å². The van der Waals surface area contributed by atoms with Gasteiger partial charge in [0.05, 0.1) is 0 Å². The molecule has 0 amide bonds. The summed E-state index contributed by atoms with van der Waals surface area (Å²) in [5.41, 5.74) is 6.09. The molecule has 0 bridgehead atoms. The van der Waals surface area contributed by atoms with Crippen molar-refractivity contribution in [1.29, 1.82) is 0 Å². The molecular formula is C12H11BrFNS2. The van der Waals surface area contributed by atoms with Crippen molar-refractivity contribution in [3.05, 3.63) is 50.9 Å². The number of thioether (sulfide) groups is 1. The lowest BCUT2D eigenvalue weighted by Crippen LogP contribution is -2.11. The fraction of sp³-hybridized carbons (Fsp3) is 0.167. The second-order valence-electron chi connectivity index (χ2n) is 3.51. The maximum absolute atomic E-state index is 13.0. The van der Waals surface area contributed by atoms with Crippen LogP contribution in [0.2, 0.25) is 0 Å². The van der Waals surface area contributed by atoms with E-state index in [0.717, 1.165) is 20.0 Å². The number of nitrogens with two attached hydrogens (primary N) is 1. The van der Waals surface area contributed by atoms with E-state index >= 15 is 0 Å². The van der Waals surface area contributed by atoms with Gasteiger partial charge in [0.15, 0.2) is 0 Å². The summed E-state index contributed by atoms with van der Waals surface area (Å²) in [7, 11) is 0. The highest BCUT2D eigenvalue weighted by molar-refractivity contribution is 9.10. The van der Waals surface area contributed by atoms with E-state index in [1.54, 1.807) is 29.2 Å². The Balaban J connectivity index is 1.97. The van der Waals surface area contributed by atoms with Crippen LogP contribution >= 0.6 is 39.0 Å². The van der Waals surface area contributed by atoms with Gasteiger partial charge >= 0.3 is 0 Å². The van der Waals surface area contributed by atoms with E-state index in [4.69, 9.17) is 5.73 Å². The van der Waals surface area contributed by atoms with Crippen molar-refractivity contribution in [1.82, 2.24) is 0 Å². The third kappa shape index (κ3) is 3.55. The third-order valence-corrected chi connectivity index (χ3v) is 5.32. The van der Waals surface area contributed by atoms with E-state index in [2.05, 4.69) is 15.9 Å². The Bertz CT molecular complexity index is 501. The van der Waals surface area contributed by atoms with Crippen LogP contribution in [-0.2, 0) is 0 Å². The van der Waals surface area contributed by atoms with Crippen molar-refractivity contribution in [3.8, 4) is 0 Å². The van der Waals surface area contributed by atoms with Gasteiger partial charge in [-0.05, 0) is 45.6 Å². The van der Waals surface area contributed by atoms with Crippen LogP contribution in [0.25, 0.3) is 0 Å². The van der Waals surface area contributed by atoms with Gasteiger partial charge in [0.25, 0.3) is 0 Å². The fourth-order valence-corrected chi connectivity index (χ4v) is 4.07. The fourth-order valence-electron chi connectivity index (χ4n) is 1.39. The molecule has 0 saturated heterocycles. The molecule has 1 aromatic heterocycles. The second-order valence-corrected chi connectivity index (χ2v) is 6.40. The Morgan fingerprint density at radius 3 is 2.88 bits per heavy atom. The third-order valence-electron chi connectivity index (χ3n) is 2.21. The predicted octanol–water partition coefficient (Wildman–Crippen LogP) is 4.44. The minimum Gasteiger partial charge on any atom is -0.323 e. The van der Waals surface area contributed by atoms with Gasteiger partial charge in [-0.25, -0.2) is 4.39 Å². The van der Waals surface area contributed by atoms with Crippen molar-refractivity contribution in [2.45, 2.75) is 10.9 Å². The van der Waals surface area contributed by atoms with Crippen LogP contribution in [0.1, 0.15) is 10.9 Å². The monoisotopic (exact) mass is 331 g/mol. The number of benzene rings is 1. The number of hydrogen-bond acceptors (Lipinski definition) is 3. The van der Waals surface area contributed by atoms with E-state index in [1.165, 1.54) is 12.1 Å². The second kappa shape index (κ2) is 6.00. The van der Waals surface area contributed by atoms with E-state index in [0.29, 0.717) is 0 Å². The summed E-state index contributed by atoms with van der Waals surface area (Å²) in [6, 6.07) is 8.54. The summed E-state index contributed by atoms with van der Waals surface area (Å²) in [5, 5.41) is 2.01. The maximum atomic E-state index is 13.0. The Hall–Kier alpha value is -0.360. The van der Waals surface area contributed by atoms with E-state index < -0.39 is 0 Å². The van der Waals surface area contributed by atoms with Crippen LogP contribution in [0.4, 0.5) is 4.39 Å². The molecule has 0 radical (unpaired) electrons. The van der Waals surface area contributed by atoms with Gasteiger partial charge in [-0.15, -0.1) is 23.1 Å². The lowest BCUT2D eigenvalue weighted by Gasteiger charge is -2.10. The first-order chi connectivity index (χ1) is 8.16. The van der Waals surface area contributed by atoms with Crippen LogP contribution in [0.5, 0.6) is 0 Å². The minimum absolute atomic E-state index is 0.0300. The van der Waals surface area contributed by atoms with E-state index in [-0.39, 0.29) is 11.9 Å². The minimum atomic E-state index is -0.208. The zero-order chi connectivity index (χ0) is 12.3. The average molecular weight is 332 g/mol. The van der Waals surface area contributed by atoms with Crippen molar-refractivity contribution in [2.75, 3.05) is 5.75 Å². The standard InChI is InChI=1S/C12H11BrFNS2/c13-10-4-5-16-12(10)11(15)7-17-9-3-1-2-8(14)6-9/h1-6,11H,7,15H2. The van der Waals surface area contributed by atoms with Crippen LogP contribution in [-0.4, -0.2) is 5.75 Å². The summed E-state index contributed by atoms with van der Waals surface area (Å²) in [5.74, 6) is 0.531. The van der Waals surface area contributed by atoms with Gasteiger partial charge in [-0.2, -0.15) is 0 Å². The molecule has 1 aromatic carbocycles. The molecule has 1 heterocycles. The largest absolute Gasteiger partial charge is 0.323 e. The molecule has 90 valence electrons. The van der Waals surface area contributed by atoms with Gasteiger partial charge in [-0.3, -0.25) is 0 Å². The van der Waals surface area contributed by atoms with Crippen LogP contribution in [0, 0.1) is 5.82 Å². The molecule has 1 nitrogen and oxygen atoms in total. The molecule has 0 aliphatic carbocycles. The summed E-state index contributed by atoms with van der Waals surface area (Å²) >= 11 is 6.67. The van der Waals surface area contributed by atoms with E-state index in [1.807, 2.05) is 17.5 Å². The zero-order valence-corrected chi connectivity index (χ0v) is 12.1. The molecule has 1 atom stereocenters. The Morgan fingerprint density at radius 1 is 1.41 bits per heavy atom. The molecule has 2 N–H and O–H groups in total. The molecule has 0 saturated carbocycles. The van der Waals surface area contributed by atoms with Crippen LogP contribution in [0.15, 0.2) is 45.1 Å². The number of rotatable bonds is 4. The van der Waals surface area contributed by atoms with Crippen LogP contribution in [0.3, 0.4) is 0 Å². The lowest BCUT2D eigenvalue weighted by molar-refractivity contribution is 0.624. The summed E-state index contributed by atoms with van der Waals surface area (Å²) in [4.78, 5) is 2.04. The maximum Gasteiger partial charge on any atom is 0.124 e. The first kappa shape index (κ1) is 13.1. The Morgan fingerprint density at radius 2 is 2.24 bits per heavy atom. The highest BCUT2D eigenvalue weighted by Gasteiger charge is 2.11. The lowest BCUT2D eigenvalue weighted by atomic mass is 10.3. The van der Waals surface area contributed by atoms with Gasteiger partial charge < -0.3 is 5.73 Å². The topological polar surface area (TPSA) is 26.0 Å². The number of thiophene rings is 1. The van der Waals surface area contributed by atoms with Crippen molar-refractivity contribution < 1.29 is 4.39 Å². The highest BCUT2D eigenvalue weighted by atomic mass is 79.9. The van der Waals surface area contributed by atoms with Gasteiger partial charge in [0.2, 0.25) is 0 Å². The molecule has 17 heavy (non-hydrogen) atoms. The molecule has 2 rings (SSSR count). The summed E-state index contributed by atoms with van der Waals surface area (Å²) in [6.45, 7) is 0. The Kier molecular flexibility index (Phi) is 4.62. The molecule has 0 spiro atoms. The number of halogens is 2. The summed E-state index contributed by atoms with van der Waals surface area (Å²) < 4.78 is 14.0. The molecular weight excluding hydrogens is 321 g/mol. The molecule has 1 unspecified atom stereocenters. The first-order valence-electron chi connectivity index (χ1n) is 5.03. The van der Waals surface area contributed by atoms with Crippen LogP contribution < -0.4 is 5.73 Å². The van der Waals surface area contributed by atoms with Crippen molar-refractivity contribution >= 4 is 39.0 Å². The summed E-state index contributed by atoms with van der Waals surface area (Å²) in [6.07, 6.45) is 0. The van der Waals surface area contributed by atoms with Crippen molar-refractivity contribution in [2.24, 2.45) is 5.73 Å². The predicted molar refractivity (Wildman–Crippen MR) is 76.1 cm³/mol. The number of hydrogen-bond donors (Lipinski definition) is 1. The smallest absolute Gasteiger partial charge is 0.124 e. The molecule has 2 aromatic rings. The molecule has 0 aliphatic heterocycles. The van der Waals surface area contributed by atoms with Gasteiger partial charge in [0.1, 0.15) is 5.82 Å². The SMILES string of the molecule is NC(CSc1cccc(F)c1)c1sccc1Br. The zero-order valence-electron chi connectivity index (χ0n) is 8.90. The van der Waals surface area contributed by atoms with Gasteiger partial charge in [-0.1, -0.05) is 6.07 Å². The Labute approximate surface area is 116 Å². The first-order valence-corrected chi connectivity index (χ1v) is 7.69. The normalized spacial score (nSPS) is 12.6. The molecule has 0 fully saturated rings. The average Bonchev–Trinajstić information content (AvgIpc) is 2.72. The van der Waals surface area contributed by atoms with Gasteiger partial charge in [0, 0.05) is 26.0 Å². The molecule has 0 aliphatic rings. The highest BCUT2D eigenvalue weighted by Crippen LogP contribution is 2.31. The quantitative estimate of drug-likeness (QED) is 0.838. The van der Waals surface area contributed by atoms with E-state index in [9.17, 15) is 4.39 Å².